The minimum atomic E-state index is -0.382. The van der Waals surface area contributed by atoms with E-state index in [0.29, 0.717) is 44.2 Å². The Morgan fingerprint density at radius 2 is 0.881 bits per heavy atom. The molecule has 0 fully saturated rings. The molecule has 0 saturated carbocycles. The first-order chi connectivity index (χ1) is 23.8. The number of hydrogen-bond donors (Lipinski definition) is 0. The van der Waals surface area contributed by atoms with Gasteiger partial charge in [0.25, 0.3) is 0 Å². The van der Waals surface area contributed by atoms with Crippen molar-refractivity contribution in [2.24, 2.45) is 0 Å². The van der Waals surface area contributed by atoms with Gasteiger partial charge in [-0.2, -0.15) is 0 Å². The summed E-state index contributed by atoms with van der Waals surface area (Å²) in [6.45, 7) is 0. The predicted molar refractivity (Wildman–Crippen MR) is 181 cm³/mol. The normalized spacial score (nSPS) is 13.7. The van der Waals surface area contributed by atoms with E-state index in [-0.39, 0.29) is 53.1 Å². The van der Waals surface area contributed by atoms with Crippen molar-refractivity contribution in [2.45, 2.75) is 0 Å². The van der Waals surface area contributed by atoms with Gasteiger partial charge in [0.2, 0.25) is 0 Å². The highest BCUT2D eigenvalue weighted by Gasteiger charge is 2.18. The van der Waals surface area contributed by atoms with Crippen LogP contribution >= 0.6 is 0 Å². The zero-order chi connectivity index (χ0) is 34.0. The van der Waals surface area contributed by atoms with Crippen molar-refractivity contribution in [1.29, 1.82) is 0 Å². The molecular formula is C42H28. The molecule has 0 spiro atoms. The molecule has 0 nitrogen and oxygen atoms in total. The van der Waals surface area contributed by atoms with Crippen LogP contribution in [0, 0.1) is 0 Å². The molecule has 8 aromatic rings. The van der Waals surface area contributed by atoms with E-state index >= 15 is 0 Å². The molecule has 0 atom stereocenters. The molecule has 0 heteroatoms. The second kappa shape index (κ2) is 10.2. The van der Waals surface area contributed by atoms with Crippen molar-refractivity contribution >= 4 is 32.3 Å². The summed E-state index contributed by atoms with van der Waals surface area (Å²) in [7, 11) is 0. The summed E-state index contributed by atoms with van der Waals surface area (Å²) in [6.07, 6.45) is 0. The van der Waals surface area contributed by atoms with Crippen LogP contribution in [0.2, 0.25) is 0 Å². The molecule has 0 bridgehead atoms. The summed E-state index contributed by atoms with van der Waals surface area (Å²) in [5.41, 5.74) is 4.93. The number of benzene rings is 8. The lowest BCUT2D eigenvalue weighted by molar-refractivity contribution is 1.61. The van der Waals surface area contributed by atoms with Gasteiger partial charge in [0, 0.05) is 0 Å². The van der Waals surface area contributed by atoms with Gasteiger partial charge in [0.05, 0.1) is 9.60 Å². The molecule has 0 heterocycles. The summed E-state index contributed by atoms with van der Waals surface area (Å²) < 4.78 is 64.9. The molecule has 8 aromatic carbocycles. The van der Waals surface area contributed by atoms with Crippen LogP contribution in [0.15, 0.2) is 170 Å². The van der Waals surface area contributed by atoms with E-state index in [1.165, 1.54) is 0 Å². The summed E-state index contributed by atoms with van der Waals surface area (Å²) >= 11 is 0. The molecule has 42 heavy (non-hydrogen) atoms. The van der Waals surface area contributed by atoms with Gasteiger partial charge < -0.3 is 0 Å². The third-order valence-electron chi connectivity index (χ3n) is 7.86. The van der Waals surface area contributed by atoms with Crippen LogP contribution in [-0.2, 0) is 0 Å². The van der Waals surface area contributed by atoms with Gasteiger partial charge >= 0.3 is 0 Å². The minimum absolute atomic E-state index is 0.0265. The summed E-state index contributed by atoms with van der Waals surface area (Å²) in [6, 6.07) is 39.0. The van der Waals surface area contributed by atoms with E-state index in [4.69, 9.17) is 2.74 Å². The van der Waals surface area contributed by atoms with Gasteiger partial charge in [-0.15, -0.1) is 0 Å². The predicted octanol–water partition coefficient (Wildman–Crippen LogP) is 11.8. The van der Waals surface area contributed by atoms with E-state index in [1.807, 2.05) is 127 Å². The second-order valence-corrected chi connectivity index (χ2v) is 10.4. The van der Waals surface area contributed by atoms with Crippen LogP contribution < -0.4 is 0 Å². The van der Waals surface area contributed by atoms with Gasteiger partial charge in [-0.3, -0.25) is 0 Å². The van der Waals surface area contributed by atoms with Gasteiger partial charge in [-0.1, -0.05) is 152 Å². The molecule has 0 saturated heterocycles. The number of rotatable bonds is 4. The fraction of sp³-hybridized carbons (Fsp3) is 0. The lowest BCUT2D eigenvalue weighted by Gasteiger charge is -2.19. The third-order valence-corrected chi connectivity index (χ3v) is 7.86. The Morgan fingerprint density at radius 3 is 1.62 bits per heavy atom. The first-order valence-corrected chi connectivity index (χ1v) is 14.0. The van der Waals surface area contributed by atoms with Crippen LogP contribution in [-0.4, -0.2) is 0 Å². The molecule has 0 amide bonds. The molecule has 0 aromatic heterocycles. The minimum Gasteiger partial charge on any atom is -0.0622 e. The Hall–Kier alpha value is -5.46. The van der Waals surface area contributed by atoms with E-state index < -0.39 is 0 Å². The number of fused-ring (bicyclic) bond motifs is 3. The molecule has 196 valence electrons. The highest BCUT2D eigenvalue weighted by Crippen LogP contribution is 2.45. The molecule has 0 radical (unpaired) electrons. The Morgan fingerprint density at radius 1 is 0.333 bits per heavy atom. The standard InChI is InChI=1S/C42H28/c1-3-12-29(13-4-1)33-18-11-19-35(26-33)42-38-21-10-9-20-37(38)41(36-23-22-31-16-7-8-17-32(31)27-36)39-25-24-34(28-40(39)42)30-14-5-2-6-15-30/h1-28H/i9D,10D,20D,21D,24D,25D,28D. The van der Waals surface area contributed by atoms with E-state index in [0.717, 1.165) is 21.9 Å². The van der Waals surface area contributed by atoms with Gasteiger partial charge in [-0.25, -0.2) is 0 Å². The van der Waals surface area contributed by atoms with E-state index in [1.54, 1.807) is 0 Å². The summed E-state index contributed by atoms with van der Waals surface area (Å²) in [4.78, 5) is 0. The lowest BCUT2D eigenvalue weighted by Crippen LogP contribution is -1.92. The SMILES string of the molecule is [2H]c1c([2H])c([2H])c2c(-c3cccc(-c4ccccc4)c3)c3c([2H])c(-c4ccccc4)c([2H])c([2H])c3c(-c3ccc4ccccc4c3)c2c1[2H]. The average molecular weight is 540 g/mol. The first kappa shape index (κ1) is 18.1. The van der Waals surface area contributed by atoms with E-state index in [9.17, 15) is 6.85 Å². The first-order valence-electron chi connectivity index (χ1n) is 17.5. The number of hydrogen-bond acceptors (Lipinski definition) is 0. The third kappa shape index (κ3) is 4.17. The largest absolute Gasteiger partial charge is 0.0636 e. The van der Waals surface area contributed by atoms with Gasteiger partial charge in [0.1, 0.15) is 0 Å². The highest BCUT2D eigenvalue weighted by atomic mass is 14.2. The molecular weight excluding hydrogens is 504 g/mol. The fourth-order valence-corrected chi connectivity index (χ4v) is 5.87. The smallest absolute Gasteiger partial charge is 0.0622 e. The molecule has 0 N–H and O–H groups in total. The van der Waals surface area contributed by atoms with Crippen molar-refractivity contribution < 1.29 is 9.60 Å². The second-order valence-electron chi connectivity index (χ2n) is 10.4. The van der Waals surface area contributed by atoms with Crippen LogP contribution in [0.3, 0.4) is 0 Å². The Bertz CT molecular complexity index is 2610. The van der Waals surface area contributed by atoms with Crippen molar-refractivity contribution in [1.82, 2.24) is 0 Å². The molecule has 8 rings (SSSR count). The maximum Gasteiger partial charge on any atom is 0.0636 e. The topological polar surface area (TPSA) is 0 Å². The lowest BCUT2D eigenvalue weighted by atomic mass is 9.84. The van der Waals surface area contributed by atoms with Crippen molar-refractivity contribution in [3.63, 3.8) is 0 Å². The van der Waals surface area contributed by atoms with Crippen LogP contribution in [0.5, 0.6) is 0 Å². The summed E-state index contributed by atoms with van der Waals surface area (Å²) in [5.74, 6) is 0. The highest BCUT2D eigenvalue weighted by molar-refractivity contribution is 6.22. The van der Waals surface area contributed by atoms with Crippen molar-refractivity contribution in [3.05, 3.63) is 170 Å². The van der Waals surface area contributed by atoms with Crippen molar-refractivity contribution in [2.75, 3.05) is 0 Å². The van der Waals surface area contributed by atoms with Crippen molar-refractivity contribution in [3.8, 4) is 44.5 Å². The maximum absolute atomic E-state index is 9.81. The summed E-state index contributed by atoms with van der Waals surface area (Å²) in [5, 5.41) is 3.13. The Labute approximate surface area is 256 Å². The van der Waals surface area contributed by atoms with Crippen LogP contribution in [0.1, 0.15) is 9.60 Å². The molecule has 0 aliphatic carbocycles. The Balaban J connectivity index is 1.65. The zero-order valence-corrected chi connectivity index (χ0v) is 22.6. The fourth-order valence-electron chi connectivity index (χ4n) is 5.87. The van der Waals surface area contributed by atoms with E-state index in [2.05, 4.69) is 0 Å². The Kier molecular flexibility index (Phi) is 4.38. The van der Waals surface area contributed by atoms with Gasteiger partial charge in [-0.05, 0) is 95.0 Å². The average Bonchev–Trinajstić information content (AvgIpc) is 3.15. The maximum atomic E-state index is 9.81. The van der Waals surface area contributed by atoms with Gasteiger partial charge in [0.15, 0.2) is 0 Å². The van der Waals surface area contributed by atoms with Crippen LogP contribution in [0.25, 0.3) is 76.8 Å². The quantitative estimate of drug-likeness (QED) is 0.195. The zero-order valence-electron chi connectivity index (χ0n) is 29.6. The molecule has 0 aliphatic rings. The molecule has 0 unspecified atom stereocenters. The molecule has 0 aliphatic heterocycles. The van der Waals surface area contributed by atoms with Crippen LogP contribution in [0.4, 0.5) is 0 Å². The monoisotopic (exact) mass is 539 g/mol.